The third-order valence-corrected chi connectivity index (χ3v) is 3.61. The van der Waals surface area contributed by atoms with Crippen molar-refractivity contribution < 1.29 is 8.78 Å². The molecule has 2 rings (SSSR count). The lowest BCUT2D eigenvalue weighted by atomic mass is 9.95. The van der Waals surface area contributed by atoms with Crippen molar-refractivity contribution in [2.24, 2.45) is 0 Å². The first-order chi connectivity index (χ1) is 10.1. The fraction of sp³-hybridized carbons (Fsp3) is 0.333. The van der Waals surface area contributed by atoms with Crippen LogP contribution >= 0.6 is 0 Å². The maximum absolute atomic E-state index is 13.5. The normalized spacial score (nSPS) is 12.4. The summed E-state index contributed by atoms with van der Waals surface area (Å²) >= 11 is 0. The van der Waals surface area contributed by atoms with Crippen LogP contribution < -0.4 is 5.32 Å². The van der Waals surface area contributed by atoms with E-state index < -0.39 is 0 Å². The highest BCUT2D eigenvalue weighted by atomic mass is 19.1. The Hall–Kier alpha value is -1.74. The molecule has 0 heterocycles. The van der Waals surface area contributed by atoms with E-state index in [2.05, 4.69) is 12.2 Å². The van der Waals surface area contributed by atoms with Crippen LogP contribution in [0.3, 0.4) is 0 Å². The van der Waals surface area contributed by atoms with Crippen LogP contribution in [0.4, 0.5) is 8.78 Å². The van der Waals surface area contributed by atoms with Crippen molar-refractivity contribution in [2.45, 2.75) is 32.7 Å². The fourth-order valence-electron chi connectivity index (χ4n) is 2.45. The summed E-state index contributed by atoms with van der Waals surface area (Å²) in [5.41, 5.74) is 3.06. The molecule has 2 aromatic carbocycles. The van der Waals surface area contributed by atoms with Gasteiger partial charge in [0.05, 0.1) is 0 Å². The molecule has 0 radical (unpaired) electrons. The molecule has 2 aromatic rings. The van der Waals surface area contributed by atoms with Gasteiger partial charge in [-0.1, -0.05) is 25.1 Å². The van der Waals surface area contributed by atoms with Crippen LogP contribution in [0, 0.1) is 18.6 Å². The smallest absolute Gasteiger partial charge is 0.123 e. The summed E-state index contributed by atoms with van der Waals surface area (Å²) in [6, 6.07) is 11.4. The third-order valence-electron chi connectivity index (χ3n) is 3.61. The van der Waals surface area contributed by atoms with Crippen molar-refractivity contribution in [1.29, 1.82) is 0 Å². The molecule has 3 heteroatoms. The maximum Gasteiger partial charge on any atom is 0.123 e. The summed E-state index contributed by atoms with van der Waals surface area (Å²) in [4.78, 5) is 0. The molecular weight excluding hydrogens is 268 g/mol. The molecule has 112 valence electrons. The molecule has 0 saturated carbocycles. The molecule has 1 nitrogen and oxygen atoms in total. The molecule has 0 aromatic heterocycles. The number of hydrogen-bond donors (Lipinski definition) is 1. The van der Waals surface area contributed by atoms with Gasteiger partial charge in [0.1, 0.15) is 11.6 Å². The largest absolute Gasteiger partial charge is 0.310 e. The van der Waals surface area contributed by atoms with Crippen LogP contribution in [0.5, 0.6) is 0 Å². The molecule has 0 saturated heterocycles. The maximum atomic E-state index is 13.5. The standard InChI is InChI=1S/C18H21F2N/c1-3-10-21-18(11-14-5-8-15(19)9-6-14)17-12-16(20)7-4-13(17)2/h4-9,12,18,21H,3,10-11H2,1-2H3. The van der Waals surface area contributed by atoms with Gasteiger partial charge in [-0.3, -0.25) is 0 Å². The third kappa shape index (κ3) is 4.36. The van der Waals surface area contributed by atoms with Crippen molar-refractivity contribution in [3.63, 3.8) is 0 Å². The highest BCUT2D eigenvalue weighted by Gasteiger charge is 2.14. The zero-order chi connectivity index (χ0) is 15.2. The minimum Gasteiger partial charge on any atom is -0.310 e. The monoisotopic (exact) mass is 289 g/mol. The van der Waals surface area contributed by atoms with E-state index in [1.807, 2.05) is 6.92 Å². The van der Waals surface area contributed by atoms with Crippen LogP contribution in [0.2, 0.25) is 0 Å². The Labute approximate surface area is 125 Å². The van der Waals surface area contributed by atoms with E-state index in [0.717, 1.165) is 29.7 Å². The molecule has 0 fully saturated rings. The van der Waals surface area contributed by atoms with Crippen molar-refractivity contribution in [3.05, 3.63) is 70.8 Å². The van der Waals surface area contributed by atoms with E-state index in [1.165, 1.54) is 18.2 Å². The Kier molecular flexibility index (Phi) is 5.45. The number of hydrogen-bond acceptors (Lipinski definition) is 1. The Bertz CT molecular complexity index is 578. The number of benzene rings is 2. The molecule has 1 atom stereocenters. The van der Waals surface area contributed by atoms with Gasteiger partial charge in [-0.25, -0.2) is 8.78 Å². The molecule has 0 aliphatic rings. The van der Waals surface area contributed by atoms with Gasteiger partial charge in [0.15, 0.2) is 0 Å². The predicted octanol–water partition coefficient (Wildman–Crippen LogP) is 4.56. The second-order valence-corrected chi connectivity index (χ2v) is 5.34. The van der Waals surface area contributed by atoms with Crippen LogP contribution in [0.25, 0.3) is 0 Å². The van der Waals surface area contributed by atoms with Crippen LogP contribution in [-0.4, -0.2) is 6.54 Å². The molecule has 0 amide bonds. The molecule has 0 aliphatic carbocycles. The Balaban J connectivity index is 2.25. The molecule has 1 N–H and O–H groups in total. The lowest BCUT2D eigenvalue weighted by Crippen LogP contribution is -2.25. The van der Waals surface area contributed by atoms with E-state index in [-0.39, 0.29) is 17.7 Å². The summed E-state index contributed by atoms with van der Waals surface area (Å²) in [5, 5.41) is 3.46. The second-order valence-electron chi connectivity index (χ2n) is 5.34. The zero-order valence-electron chi connectivity index (χ0n) is 12.5. The fourth-order valence-corrected chi connectivity index (χ4v) is 2.45. The van der Waals surface area contributed by atoms with Crippen molar-refractivity contribution in [1.82, 2.24) is 5.32 Å². The summed E-state index contributed by atoms with van der Waals surface area (Å²) in [6.07, 6.45) is 1.72. The summed E-state index contributed by atoms with van der Waals surface area (Å²) in [6.45, 7) is 4.95. The van der Waals surface area contributed by atoms with Crippen LogP contribution in [-0.2, 0) is 6.42 Å². The van der Waals surface area contributed by atoms with E-state index in [4.69, 9.17) is 0 Å². The Morgan fingerprint density at radius 3 is 2.33 bits per heavy atom. The molecule has 21 heavy (non-hydrogen) atoms. The van der Waals surface area contributed by atoms with E-state index in [1.54, 1.807) is 24.3 Å². The summed E-state index contributed by atoms with van der Waals surface area (Å²) < 4.78 is 26.5. The van der Waals surface area contributed by atoms with Crippen LogP contribution in [0.15, 0.2) is 42.5 Å². The first kappa shape index (κ1) is 15.6. The molecule has 0 spiro atoms. The van der Waals surface area contributed by atoms with Crippen molar-refractivity contribution >= 4 is 0 Å². The van der Waals surface area contributed by atoms with Gasteiger partial charge in [0.2, 0.25) is 0 Å². The minimum absolute atomic E-state index is 0.0334. The molecule has 1 unspecified atom stereocenters. The number of rotatable bonds is 6. The molecular formula is C18H21F2N. The molecule has 0 bridgehead atoms. The first-order valence-corrected chi connectivity index (χ1v) is 7.34. The Morgan fingerprint density at radius 1 is 1.00 bits per heavy atom. The van der Waals surface area contributed by atoms with E-state index in [9.17, 15) is 8.78 Å². The van der Waals surface area contributed by atoms with Crippen molar-refractivity contribution in [3.8, 4) is 0 Å². The predicted molar refractivity (Wildman–Crippen MR) is 82.3 cm³/mol. The van der Waals surface area contributed by atoms with E-state index in [0.29, 0.717) is 6.42 Å². The van der Waals surface area contributed by atoms with Gasteiger partial charge in [-0.15, -0.1) is 0 Å². The van der Waals surface area contributed by atoms with E-state index >= 15 is 0 Å². The average Bonchev–Trinajstić information content (AvgIpc) is 2.48. The second kappa shape index (κ2) is 7.32. The number of halogens is 2. The lowest BCUT2D eigenvalue weighted by molar-refractivity contribution is 0.521. The van der Waals surface area contributed by atoms with Gasteiger partial charge < -0.3 is 5.32 Å². The van der Waals surface area contributed by atoms with Crippen molar-refractivity contribution in [2.75, 3.05) is 6.54 Å². The van der Waals surface area contributed by atoms with Gasteiger partial charge in [-0.05, 0) is 67.3 Å². The summed E-state index contributed by atoms with van der Waals surface area (Å²) in [5.74, 6) is -0.461. The SMILES string of the molecule is CCCNC(Cc1ccc(F)cc1)c1cc(F)ccc1C. The summed E-state index contributed by atoms with van der Waals surface area (Å²) in [7, 11) is 0. The quantitative estimate of drug-likeness (QED) is 0.822. The number of nitrogens with one attached hydrogen (secondary N) is 1. The highest BCUT2D eigenvalue weighted by Crippen LogP contribution is 2.23. The van der Waals surface area contributed by atoms with Crippen LogP contribution in [0.1, 0.15) is 36.1 Å². The lowest BCUT2D eigenvalue weighted by Gasteiger charge is -2.21. The zero-order valence-corrected chi connectivity index (χ0v) is 12.5. The first-order valence-electron chi connectivity index (χ1n) is 7.34. The topological polar surface area (TPSA) is 12.0 Å². The van der Waals surface area contributed by atoms with Gasteiger partial charge in [0.25, 0.3) is 0 Å². The van der Waals surface area contributed by atoms with Gasteiger partial charge >= 0.3 is 0 Å². The minimum atomic E-state index is -0.237. The Morgan fingerprint density at radius 2 is 1.67 bits per heavy atom. The van der Waals surface area contributed by atoms with Gasteiger partial charge in [0, 0.05) is 6.04 Å². The number of aryl methyl sites for hydroxylation is 1. The highest BCUT2D eigenvalue weighted by molar-refractivity contribution is 5.31. The van der Waals surface area contributed by atoms with Gasteiger partial charge in [-0.2, -0.15) is 0 Å². The molecule has 0 aliphatic heterocycles. The average molecular weight is 289 g/mol.